The molecule has 3 aromatic heterocycles. The molecule has 0 spiro atoms. The summed E-state index contributed by atoms with van der Waals surface area (Å²) in [5.41, 5.74) is 3.99. The van der Waals surface area contributed by atoms with E-state index in [9.17, 15) is 0 Å². The molecule has 0 radical (unpaired) electrons. The van der Waals surface area contributed by atoms with Gasteiger partial charge in [0.2, 0.25) is 0 Å². The van der Waals surface area contributed by atoms with Crippen molar-refractivity contribution in [2.24, 2.45) is 0 Å². The van der Waals surface area contributed by atoms with Gasteiger partial charge in [0, 0.05) is 24.6 Å². The van der Waals surface area contributed by atoms with Crippen molar-refractivity contribution in [2.75, 3.05) is 5.32 Å². The van der Waals surface area contributed by atoms with Gasteiger partial charge in [0.1, 0.15) is 11.3 Å². The second-order valence-electron chi connectivity index (χ2n) is 6.30. The Labute approximate surface area is 135 Å². The molecular weight excluding hydrogens is 288 g/mol. The Morgan fingerprint density at radius 2 is 2.09 bits per heavy atom. The highest BCUT2D eigenvalue weighted by Gasteiger charge is 2.24. The molecule has 0 fully saturated rings. The zero-order valence-corrected chi connectivity index (χ0v) is 13.4. The maximum absolute atomic E-state index is 4.79. The van der Waals surface area contributed by atoms with Crippen molar-refractivity contribution in [1.29, 1.82) is 0 Å². The molecule has 3 heterocycles. The molecule has 1 atom stereocenters. The minimum atomic E-state index is 0.209. The topological polar surface area (TPSA) is 68.5 Å². The summed E-state index contributed by atoms with van der Waals surface area (Å²) >= 11 is 0. The fourth-order valence-electron chi connectivity index (χ4n) is 3.08. The van der Waals surface area contributed by atoms with E-state index in [0.29, 0.717) is 11.7 Å². The van der Waals surface area contributed by atoms with Crippen molar-refractivity contribution in [3.8, 4) is 0 Å². The fraction of sp³-hybridized carbons (Fsp3) is 0.412. The molecule has 3 aromatic rings. The first-order valence-electron chi connectivity index (χ1n) is 8.13. The lowest BCUT2D eigenvalue weighted by Crippen LogP contribution is -2.18. The van der Waals surface area contributed by atoms with Gasteiger partial charge in [0.15, 0.2) is 5.65 Å². The molecule has 118 valence electrons. The van der Waals surface area contributed by atoms with E-state index < -0.39 is 0 Å². The summed E-state index contributed by atoms with van der Waals surface area (Å²) in [5, 5.41) is 8.32. The molecule has 23 heavy (non-hydrogen) atoms. The van der Waals surface area contributed by atoms with Crippen LogP contribution in [0, 0.1) is 0 Å². The summed E-state index contributed by atoms with van der Waals surface area (Å²) in [5.74, 6) is 0.829. The highest BCUT2D eigenvalue weighted by atomic mass is 15.3. The normalized spacial score (nSPS) is 17.4. The minimum absolute atomic E-state index is 0.209. The molecule has 0 saturated carbocycles. The van der Waals surface area contributed by atoms with E-state index in [-0.39, 0.29) is 6.04 Å². The van der Waals surface area contributed by atoms with Gasteiger partial charge in [-0.3, -0.25) is 9.67 Å². The molecule has 0 aromatic carbocycles. The summed E-state index contributed by atoms with van der Waals surface area (Å²) in [6.45, 7) is 4.31. The molecule has 1 aliphatic rings. The minimum Gasteiger partial charge on any atom is -0.362 e. The second kappa shape index (κ2) is 5.61. The zero-order chi connectivity index (χ0) is 15.8. The van der Waals surface area contributed by atoms with Gasteiger partial charge in [-0.25, -0.2) is 9.97 Å². The Balaban J connectivity index is 1.64. The summed E-state index contributed by atoms with van der Waals surface area (Å²) in [6.07, 6.45) is 8.89. The highest BCUT2D eigenvalue weighted by Crippen LogP contribution is 2.32. The molecule has 0 amide bonds. The Bertz CT molecular complexity index is 838. The first-order chi connectivity index (χ1) is 11.2. The second-order valence-corrected chi connectivity index (χ2v) is 6.30. The zero-order valence-electron chi connectivity index (χ0n) is 13.4. The summed E-state index contributed by atoms with van der Waals surface area (Å²) < 4.78 is 2.06. The molecule has 0 unspecified atom stereocenters. The van der Waals surface area contributed by atoms with Gasteiger partial charge in [0.25, 0.3) is 0 Å². The van der Waals surface area contributed by atoms with Crippen LogP contribution in [0.15, 0.2) is 30.7 Å². The number of hydrogen-bond donors (Lipinski definition) is 1. The van der Waals surface area contributed by atoms with E-state index in [1.807, 2.05) is 12.1 Å². The van der Waals surface area contributed by atoms with Crippen LogP contribution in [0.1, 0.15) is 50.0 Å². The fourth-order valence-corrected chi connectivity index (χ4v) is 3.08. The number of nitrogens with zero attached hydrogens (tertiary/aromatic N) is 5. The number of fused-ring (bicyclic) bond motifs is 2. The summed E-state index contributed by atoms with van der Waals surface area (Å²) in [6, 6.07) is 4.51. The van der Waals surface area contributed by atoms with Crippen molar-refractivity contribution < 1.29 is 0 Å². The van der Waals surface area contributed by atoms with E-state index in [4.69, 9.17) is 5.10 Å². The van der Waals surface area contributed by atoms with E-state index in [0.717, 1.165) is 29.9 Å². The predicted octanol–water partition coefficient (Wildman–Crippen LogP) is 3.29. The van der Waals surface area contributed by atoms with Crippen molar-refractivity contribution in [3.63, 3.8) is 0 Å². The van der Waals surface area contributed by atoms with Crippen LogP contribution < -0.4 is 5.32 Å². The first-order valence-corrected chi connectivity index (χ1v) is 8.13. The lowest BCUT2D eigenvalue weighted by atomic mass is 9.94. The van der Waals surface area contributed by atoms with Crippen LogP contribution in [0.4, 0.5) is 5.82 Å². The molecule has 4 rings (SSSR count). The largest absolute Gasteiger partial charge is 0.362 e. The van der Waals surface area contributed by atoms with Crippen LogP contribution in [0.3, 0.4) is 0 Å². The molecule has 6 nitrogen and oxygen atoms in total. The lowest BCUT2D eigenvalue weighted by molar-refractivity contribution is 0.515. The maximum atomic E-state index is 4.79. The third-order valence-corrected chi connectivity index (χ3v) is 4.29. The Morgan fingerprint density at radius 3 is 2.96 bits per heavy atom. The van der Waals surface area contributed by atoms with Crippen molar-refractivity contribution in [2.45, 2.75) is 45.2 Å². The average molecular weight is 308 g/mol. The van der Waals surface area contributed by atoms with Crippen LogP contribution in [0.5, 0.6) is 0 Å². The van der Waals surface area contributed by atoms with Gasteiger partial charge >= 0.3 is 0 Å². The van der Waals surface area contributed by atoms with E-state index >= 15 is 0 Å². The number of pyridine rings is 1. The number of hydrogen-bond acceptors (Lipinski definition) is 5. The number of nitrogens with one attached hydrogen (secondary N) is 1. The average Bonchev–Trinajstić information content (AvgIpc) is 3.00. The highest BCUT2D eigenvalue weighted by molar-refractivity contribution is 5.71. The number of aryl methyl sites for hydroxylation is 1. The lowest BCUT2D eigenvalue weighted by Gasteiger charge is -2.22. The van der Waals surface area contributed by atoms with Crippen LogP contribution >= 0.6 is 0 Å². The SMILES string of the molecule is CC(C)n1cc2c(n1)[C@H](Nc1ccc3nccnc3n1)CCC2. The summed E-state index contributed by atoms with van der Waals surface area (Å²) in [4.78, 5) is 13.1. The summed E-state index contributed by atoms with van der Waals surface area (Å²) in [7, 11) is 0. The van der Waals surface area contributed by atoms with E-state index in [1.165, 1.54) is 12.0 Å². The van der Waals surface area contributed by atoms with Gasteiger partial charge in [-0.2, -0.15) is 5.10 Å². The Morgan fingerprint density at radius 1 is 1.22 bits per heavy atom. The van der Waals surface area contributed by atoms with Gasteiger partial charge in [-0.1, -0.05) is 0 Å². The van der Waals surface area contributed by atoms with Gasteiger partial charge in [-0.05, 0) is 50.8 Å². The molecular formula is C17H20N6. The predicted molar refractivity (Wildman–Crippen MR) is 89.2 cm³/mol. The smallest absolute Gasteiger partial charge is 0.180 e. The van der Waals surface area contributed by atoms with Crippen LogP contribution in [0.25, 0.3) is 11.2 Å². The van der Waals surface area contributed by atoms with Crippen molar-refractivity contribution in [1.82, 2.24) is 24.7 Å². The molecule has 0 aliphatic heterocycles. The van der Waals surface area contributed by atoms with Crippen LogP contribution in [0.2, 0.25) is 0 Å². The third kappa shape index (κ3) is 2.65. The first kappa shape index (κ1) is 14.1. The number of anilines is 1. The molecule has 1 N–H and O–H groups in total. The van der Waals surface area contributed by atoms with Crippen molar-refractivity contribution >= 4 is 17.0 Å². The van der Waals surface area contributed by atoms with Crippen molar-refractivity contribution in [3.05, 3.63) is 42.0 Å². The number of aromatic nitrogens is 5. The Kier molecular flexibility index (Phi) is 3.44. The third-order valence-electron chi connectivity index (χ3n) is 4.29. The van der Waals surface area contributed by atoms with Gasteiger partial charge in [0.05, 0.1) is 11.7 Å². The van der Waals surface area contributed by atoms with Gasteiger partial charge < -0.3 is 5.32 Å². The quantitative estimate of drug-likeness (QED) is 0.804. The van der Waals surface area contributed by atoms with Gasteiger partial charge in [-0.15, -0.1) is 0 Å². The maximum Gasteiger partial charge on any atom is 0.180 e. The molecule has 0 saturated heterocycles. The van der Waals surface area contributed by atoms with Crippen LogP contribution in [-0.4, -0.2) is 24.7 Å². The number of rotatable bonds is 3. The molecule has 1 aliphatic carbocycles. The molecule has 0 bridgehead atoms. The monoisotopic (exact) mass is 308 g/mol. The van der Waals surface area contributed by atoms with E-state index in [1.54, 1.807) is 12.4 Å². The standard InChI is InChI=1S/C17H20N6/c1-11(2)23-10-12-4-3-5-13(16(12)22-23)20-15-7-6-14-17(21-15)19-9-8-18-14/h6-11,13H,3-5H2,1-2H3,(H,19,20,21)/t13-/m1/s1. The molecule has 6 heteroatoms. The van der Waals surface area contributed by atoms with Crippen LogP contribution in [-0.2, 0) is 6.42 Å². The Hall–Kier alpha value is -2.50. The van der Waals surface area contributed by atoms with E-state index in [2.05, 4.69) is 45.0 Å².